The number of nitrogens with one attached hydrogen (secondary N) is 1. The SMILES string of the molecule is CC(C)CCCCNc1cnn(C(C)C)c(=O)c1Cl. The van der Waals surface area contributed by atoms with Gasteiger partial charge in [0.1, 0.15) is 5.02 Å². The highest BCUT2D eigenvalue weighted by molar-refractivity contribution is 6.32. The highest BCUT2D eigenvalue weighted by atomic mass is 35.5. The van der Waals surface area contributed by atoms with Gasteiger partial charge in [0.15, 0.2) is 0 Å². The van der Waals surface area contributed by atoms with Gasteiger partial charge in [0.05, 0.1) is 17.9 Å². The third kappa shape index (κ3) is 4.86. The third-order valence-corrected chi connectivity index (χ3v) is 3.32. The second-order valence-corrected chi connectivity index (χ2v) is 5.91. The largest absolute Gasteiger partial charge is 0.382 e. The van der Waals surface area contributed by atoms with Crippen LogP contribution in [0.2, 0.25) is 5.02 Å². The van der Waals surface area contributed by atoms with Crippen LogP contribution in [0.25, 0.3) is 0 Å². The molecule has 0 spiro atoms. The molecular formula is C14H24ClN3O. The molecule has 0 atom stereocenters. The zero-order chi connectivity index (χ0) is 14.4. The van der Waals surface area contributed by atoms with Gasteiger partial charge in [0.25, 0.3) is 5.56 Å². The van der Waals surface area contributed by atoms with Crippen molar-refractivity contribution in [2.75, 3.05) is 11.9 Å². The molecule has 0 fully saturated rings. The van der Waals surface area contributed by atoms with Crippen LogP contribution in [0.15, 0.2) is 11.0 Å². The fourth-order valence-corrected chi connectivity index (χ4v) is 2.04. The summed E-state index contributed by atoms with van der Waals surface area (Å²) in [5.74, 6) is 0.736. The molecule has 108 valence electrons. The lowest BCUT2D eigenvalue weighted by atomic mass is 10.1. The zero-order valence-electron chi connectivity index (χ0n) is 12.2. The maximum absolute atomic E-state index is 11.9. The lowest BCUT2D eigenvalue weighted by molar-refractivity contribution is 0.503. The monoisotopic (exact) mass is 285 g/mol. The quantitative estimate of drug-likeness (QED) is 0.777. The van der Waals surface area contributed by atoms with Crippen molar-refractivity contribution in [3.8, 4) is 0 Å². The van der Waals surface area contributed by atoms with Gasteiger partial charge in [-0.3, -0.25) is 4.79 Å². The fraction of sp³-hybridized carbons (Fsp3) is 0.714. The van der Waals surface area contributed by atoms with E-state index in [1.54, 1.807) is 6.20 Å². The minimum atomic E-state index is -0.233. The summed E-state index contributed by atoms with van der Waals surface area (Å²) in [4.78, 5) is 11.9. The Hall–Kier alpha value is -1.03. The van der Waals surface area contributed by atoms with Crippen molar-refractivity contribution < 1.29 is 0 Å². The molecule has 0 aromatic carbocycles. The van der Waals surface area contributed by atoms with Crippen LogP contribution in [-0.2, 0) is 0 Å². The molecule has 1 aromatic rings. The number of nitrogens with zero attached hydrogens (tertiary/aromatic N) is 2. The fourth-order valence-electron chi connectivity index (χ4n) is 1.84. The highest BCUT2D eigenvalue weighted by Gasteiger charge is 2.10. The molecular weight excluding hydrogens is 262 g/mol. The molecule has 0 saturated carbocycles. The van der Waals surface area contributed by atoms with E-state index in [9.17, 15) is 4.79 Å². The summed E-state index contributed by atoms with van der Waals surface area (Å²) in [7, 11) is 0. The summed E-state index contributed by atoms with van der Waals surface area (Å²) in [6.07, 6.45) is 5.11. The summed E-state index contributed by atoms with van der Waals surface area (Å²) in [6.45, 7) is 9.08. The molecule has 0 unspecified atom stereocenters. The van der Waals surface area contributed by atoms with Crippen molar-refractivity contribution in [2.24, 2.45) is 5.92 Å². The van der Waals surface area contributed by atoms with Gasteiger partial charge < -0.3 is 5.32 Å². The summed E-state index contributed by atoms with van der Waals surface area (Å²) in [5, 5.41) is 7.54. The average molecular weight is 286 g/mol. The molecule has 1 N–H and O–H groups in total. The van der Waals surface area contributed by atoms with Crippen LogP contribution in [0.3, 0.4) is 0 Å². The van der Waals surface area contributed by atoms with E-state index in [0.717, 1.165) is 18.9 Å². The van der Waals surface area contributed by atoms with Gasteiger partial charge in [-0.05, 0) is 26.2 Å². The standard InChI is InChI=1S/C14H24ClN3O/c1-10(2)7-5-6-8-16-12-9-17-18(11(3)4)14(19)13(12)15/h9-11,16H,5-8H2,1-4H3. The van der Waals surface area contributed by atoms with Gasteiger partial charge in [-0.25, -0.2) is 4.68 Å². The van der Waals surface area contributed by atoms with Crippen molar-refractivity contribution in [1.82, 2.24) is 9.78 Å². The van der Waals surface area contributed by atoms with E-state index >= 15 is 0 Å². The topological polar surface area (TPSA) is 46.9 Å². The van der Waals surface area contributed by atoms with E-state index in [1.165, 1.54) is 17.5 Å². The molecule has 0 saturated heterocycles. The van der Waals surface area contributed by atoms with E-state index in [4.69, 9.17) is 11.6 Å². The second kappa shape index (κ2) is 7.53. The van der Waals surface area contributed by atoms with Crippen LogP contribution in [-0.4, -0.2) is 16.3 Å². The van der Waals surface area contributed by atoms with Crippen molar-refractivity contribution in [1.29, 1.82) is 0 Å². The Bertz CT molecular complexity index is 454. The highest BCUT2D eigenvalue weighted by Crippen LogP contribution is 2.16. The van der Waals surface area contributed by atoms with E-state index in [2.05, 4.69) is 24.3 Å². The van der Waals surface area contributed by atoms with Crippen LogP contribution in [0.5, 0.6) is 0 Å². The van der Waals surface area contributed by atoms with Crippen molar-refractivity contribution in [3.63, 3.8) is 0 Å². The molecule has 0 aliphatic carbocycles. The smallest absolute Gasteiger partial charge is 0.287 e. The summed E-state index contributed by atoms with van der Waals surface area (Å²) >= 11 is 6.07. The van der Waals surface area contributed by atoms with Gasteiger partial charge in [-0.2, -0.15) is 5.10 Å². The van der Waals surface area contributed by atoms with Crippen molar-refractivity contribution in [3.05, 3.63) is 21.6 Å². The van der Waals surface area contributed by atoms with Crippen molar-refractivity contribution in [2.45, 2.75) is 53.0 Å². The first-order valence-corrected chi connectivity index (χ1v) is 7.32. The van der Waals surface area contributed by atoms with Gasteiger partial charge in [-0.1, -0.05) is 38.3 Å². The molecule has 1 heterocycles. The first-order valence-electron chi connectivity index (χ1n) is 6.94. The Morgan fingerprint density at radius 1 is 1.32 bits per heavy atom. The van der Waals surface area contributed by atoms with E-state index in [1.807, 2.05) is 13.8 Å². The third-order valence-electron chi connectivity index (χ3n) is 2.96. The van der Waals surface area contributed by atoms with Crippen LogP contribution >= 0.6 is 11.6 Å². The maximum atomic E-state index is 11.9. The van der Waals surface area contributed by atoms with Gasteiger partial charge in [0, 0.05) is 6.54 Å². The molecule has 19 heavy (non-hydrogen) atoms. The lowest BCUT2D eigenvalue weighted by Crippen LogP contribution is -2.25. The zero-order valence-corrected chi connectivity index (χ0v) is 13.0. The molecule has 4 nitrogen and oxygen atoms in total. The van der Waals surface area contributed by atoms with Gasteiger partial charge in [-0.15, -0.1) is 0 Å². The number of hydrogen-bond donors (Lipinski definition) is 1. The number of anilines is 1. The minimum absolute atomic E-state index is 0.0186. The average Bonchev–Trinajstić information content (AvgIpc) is 2.33. The molecule has 1 rings (SSSR count). The predicted molar refractivity (Wildman–Crippen MR) is 81.1 cm³/mol. The van der Waals surface area contributed by atoms with Gasteiger partial charge >= 0.3 is 0 Å². The van der Waals surface area contributed by atoms with E-state index in [0.29, 0.717) is 5.69 Å². The molecule has 5 heteroatoms. The number of aromatic nitrogens is 2. The number of unbranched alkanes of at least 4 members (excludes halogenated alkanes) is 1. The molecule has 0 radical (unpaired) electrons. The number of hydrogen-bond acceptors (Lipinski definition) is 3. The summed E-state index contributed by atoms with van der Waals surface area (Å²) in [5.41, 5.74) is 0.400. The Balaban J connectivity index is 2.56. The Kier molecular flexibility index (Phi) is 6.35. The molecule has 0 aliphatic heterocycles. The first kappa shape index (κ1) is 16.0. The predicted octanol–water partition coefficient (Wildman–Crippen LogP) is 3.72. The molecule has 1 aromatic heterocycles. The van der Waals surface area contributed by atoms with Gasteiger partial charge in [0.2, 0.25) is 0 Å². The van der Waals surface area contributed by atoms with Crippen LogP contribution < -0.4 is 10.9 Å². The first-order chi connectivity index (χ1) is 8.93. The lowest BCUT2D eigenvalue weighted by Gasteiger charge is -2.12. The van der Waals surface area contributed by atoms with E-state index < -0.39 is 0 Å². The van der Waals surface area contributed by atoms with Crippen molar-refractivity contribution >= 4 is 17.3 Å². The number of halogens is 1. The normalized spacial score (nSPS) is 11.3. The van der Waals surface area contributed by atoms with Crippen LogP contribution in [0.1, 0.15) is 53.0 Å². The minimum Gasteiger partial charge on any atom is -0.382 e. The van der Waals surface area contributed by atoms with Crippen LogP contribution in [0.4, 0.5) is 5.69 Å². The van der Waals surface area contributed by atoms with Crippen LogP contribution in [0, 0.1) is 5.92 Å². The Morgan fingerprint density at radius 3 is 2.58 bits per heavy atom. The molecule has 0 aliphatic rings. The Labute approximate surface area is 120 Å². The maximum Gasteiger partial charge on any atom is 0.287 e. The summed E-state index contributed by atoms with van der Waals surface area (Å²) < 4.78 is 1.40. The summed E-state index contributed by atoms with van der Waals surface area (Å²) in [6, 6.07) is 0.0186. The van der Waals surface area contributed by atoms with E-state index in [-0.39, 0.29) is 16.6 Å². The Morgan fingerprint density at radius 2 is 2.00 bits per heavy atom. The second-order valence-electron chi connectivity index (χ2n) is 5.53. The number of rotatable bonds is 7. The molecule has 0 bridgehead atoms. The molecule has 0 amide bonds.